The maximum Gasteiger partial charge on any atom is 0.133 e. The van der Waals surface area contributed by atoms with Crippen LogP contribution in [0.2, 0.25) is 0 Å². The molecule has 1 heterocycles. The lowest BCUT2D eigenvalue weighted by atomic mass is 9.98. The standard InChI is InChI=1S/C16H23BrN2O.2ClH/c1-12(2)10-15(19-8-6-18-7-9-19)13-4-5-16(20-3)14(17)11-13;;/h4-5,11,15,18H,1,6-10H2,2-3H3;2*1H/t15-;;/m1../s1. The van der Waals surface area contributed by atoms with Gasteiger partial charge in [-0.25, -0.2) is 0 Å². The molecular formula is C16H25BrCl2N2O. The molecule has 1 aromatic rings. The molecule has 0 amide bonds. The van der Waals surface area contributed by atoms with Crippen LogP contribution < -0.4 is 10.1 Å². The zero-order valence-corrected chi connectivity index (χ0v) is 16.3. The Balaban J connectivity index is 0.00000220. The molecule has 126 valence electrons. The Hall–Kier alpha value is -0.260. The summed E-state index contributed by atoms with van der Waals surface area (Å²) in [4.78, 5) is 2.54. The van der Waals surface area contributed by atoms with Crippen molar-refractivity contribution in [2.75, 3.05) is 33.3 Å². The third kappa shape index (κ3) is 5.74. The molecule has 0 aliphatic carbocycles. The van der Waals surface area contributed by atoms with Crippen LogP contribution in [0, 0.1) is 0 Å². The Labute approximate surface area is 154 Å². The summed E-state index contributed by atoms with van der Waals surface area (Å²) in [7, 11) is 1.70. The van der Waals surface area contributed by atoms with Gasteiger partial charge in [-0.05, 0) is 47.0 Å². The molecular weight excluding hydrogens is 387 g/mol. The summed E-state index contributed by atoms with van der Waals surface area (Å²) in [5, 5.41) is 3.41. The maximum atomic E-state index is 5.32. The lowest BCUT2D eigenvalue weighted by Gasteiger charge is -2.35. The molecule has 2 rings (SSSR count). The third-order valence-corrected chi connectivity index (χ3v) is 4.31. The van der Waals surface area contributed by atoms with Gasteiger partial charge in [0, 0.05) is 32.2 Å². The van der Waals surface area contributed by atoms with Crippen LogP contribution in [0.1, 0.15) is 24.9 Å². The van der Waals surface area contributed by atoms with Crippen molar-refractivity contribution < 1.29 is 4.74 Å². The fourth-order valence-corrected chi connectivity index (χ4v) is 3.23. The average Bonchev–Trinajstić information content (AvgIpc) is 2.45. The van der Waals surface area contributed by atoms with E-state index in [0.29, 0.717) is 6.04 Å². The molecule has 0 spiro atoms. The Morgan fingerprint density at radius 2 is 2.00 bits per heavy atom. The summed E-state index contributed by atoms with van der Waals surface area (Å²) in [5.74, 6) is 0.878. The van der Waals surface area contributed by atoms with E-state index < -0.39 is 0 Å². The quantitative estimate of drug-likeness (QED) is 0.734. The summed E-state index contributed by atoms with van der Waals surface area (Å²) in [6.45, 7) is 10.5. The predicted molar refractivity (Wildman–Crippen MR) is 102 cm³/mol. The van der Waals surface area contributed by atoms with Crippen molar-refractivity contribution in [2.24, 2.45) is 0 Å². The van der Waals surface area contributed by atoms with Crippen LogP contribution in [-0.2, 0) is 0 Å². The van der Waals surface area contributed by atoms with E-state index in [1.807, 2.05) is 6.07 Å². The lowest BCUT2D eigenvalue weighted by molar-refractivity contribution is 0.172. The number of nitrogens with zero attached hydrogens (tertiary/aromatic N) is 1. The highest BCUT2D eigenvalue weighted by molar-refractivity contribution is 9.10. The van der Waals surface area contributed by atoms with Crippen LogP contribution >= 0.6 is 40.7 Å². The summed E-state index contributed by atoms with van der Waals surface area (Å²) in [5.41, 5.74) is 2.54. The minimum absolute atomic E-state index is 0. The molecule has 22 heavy (non-hydrogen) atoms. The van der Waals surface area contributed by atoms with Gasteiger partial charge in [-0.15, -0.1) is 31.4 Å². The summed E-state index contributed by atoms with van der Waals surface area (Å²) >= 11 is 3.59. The second-order valence-electron chi connectivity index (χ2n) is 5.36. The van der Waals surface area contributed by atoms with Gasteiger partial charge < -0.3 is 10.1 Å². The predicted octanol–water partition coefficient (Wildman–Crippen LogP) is 4.21. The number of nitrogens with one attached hydrogen (secondary N) is 1. The average molecular weight is 412 g/mol. The third-order valence-electron chi connectivity index (χ3n) is 3.69. The highest BCUT2D eigenvalue weighted by Gasteiger charge is 2.22. The van der Waals surface area contributed by atoms with E-state index in [4.69, 9.17) is 4.74 Å². The Morgan fingerprint density at radius 1 is 1.36 bits per heavy atom. The highest BCUT2D eigenvalue weighted by Crippen LogP contribution is 2.33. The number of benzene rings is 1. The molecule has 6 heteroatoms. The molecule has 1 N–H and O–H groups in total. The van der Waals surface area contributed by atoms with Gasteiger partial charge >= 0.3 is 0 Å². The van der Waals surface area contributed by atoms with Gasteiger partial charge in [-0.2, -0.15) is 0 Å². The molecule has 3 nitrogen and oxygen atoms in total. The Morgan fingerprint density at radius 3 is 2.50 bits per heavy atom. The van der Waals surface area contributed by atoms with Crippen molar-refractivity contribution in [3.05, 3.63) is 40.4 Å². The molecule has 1 fully saturated rings. The van der Waals surface area contributed by atoms with E-state index in [9.17, 15) is 0 Å². The number of hydrogen-bond acceptors (Lipinski definition) is 3. The van der Waals surface area contributed by atoms with Gasteiger partial charge in [0.05, 0.1) is 11.6 Å². The van der Waals surface area contributed by atoms with Crippen molar-refractivity contribution in [3.8, 4) is 5.75 Å². The minimum Gasteiger partial charge on any atom is -0.496 e. The Bertz CT molecular complexity index is 479. The molecule has 1 aromatic carbocycles. The van der Waals surface area contributed by atoms with E-state index in [-0.39, 0.29) is 24.8 Å². The summed E-state index contributed by atoms with van der Waals surface area (Å²) < 4.78 is 6.33. The van der Waals surface area contributed by atoms with Crippen LogP contribution in [0.4, 0.5) is 0 Å². The van der Waals surface area contributed by atoms with Gasteiger partial charge in [0.2, 0.25) is 0 Å². The second-order valence-corrected chi connectivity index (χ2v) is 6.21. The van der Waals surface area contributed by atoms with Gasteiger partial charge in [0.1, 0.15) is 5.75 Å². The molecule has 0 radical (unpaired) electrons. The molecule has 1 atom stereocenters. The topological polar surface area (TPSA) is 24.5 Å². The number of piperazine rings is 1. The molecule has 1 aliphatic heterocycles. The zero-order chi connectivity index (χ0) is 14.5. The summed E-state index contributed by atoms with van der Waals surface area (Å²) in [6, 6.07) is 6.78. The lowest BCUT2D eigenvalue weighted by Crippen LogP contribution is -2.45. The Kier molecular flexibility index (Phi) is 10.4. The molecule has 0 bridgehead atoms. The van der Waals surface area contributed by atoms with Crippen molar-refractivity contribution in [1.82, 2.24) is 10.2 Å². The molecule has 1 saturated heterocycles. The van der Waals surface area contributed by atoms with Crippen molar-refractivity contribution in [2.45, 2.75) is 19.4 Å². The minimum atomic E-state index is 0. The largest absolute Gasteiger partial charge is 0.496 e. The SMILES string of the molecule is C=C(C)C[C@H](c1ccc(OC)c(Br)c1)N1CCNCC1.Cl.Cl. The van der Waals surface area contributed by atoms with Crippen LogP contribution in [0.3, 0.4) is 0 Å². The molecule has 1 aliphatic rings. The number of rotatable bonds is 5. The number of ether oxygens (including phenoxy) is 1. The first-order valence-corrected chi connectivity index (χ1v) is 7.83. The smallest absolute Gasteiger partial charge is 0.133 e. The monoisotopic (exact) mass is 410 g/mol. The van der Waals surface area contributed by atoms with Gasteiger partial charge in [0.25, 0.3) is 0 Å². The fourth-order valence-electron chi connectivity index (χ4n) is 2.67. The maximum absolute atomic E-state index is 5.32. The first-order chi connectivity index (χ1) is 9.61. The fraction of sp³-hybridized carbons (Fsp3) is 0.500. The van der Waals surface area contributed by atoms with Gasteiger partial charge in [0.15, 0.2) is 0 Å². The van der Waals surface area contributed by atoms with Crippen LogP contribution in [0.15, 0.2) is 34.8 Å². The van der Waals surface area contributed by atoms with E-state index >= 15 is 0 Å². The zero-order valence-electron chi connectivity index (χ0n) is 13.1. The van der Waals surface area contributed by atoms with Crippen LogP contribution in [0.25, 0.3) is 0 Å². The van der Waals surface area contributed by atoms with Crippen molar-refractivity contribution >= 4 is 40.7 Å². The van der Waals surface area contributed by atoms with Crippen molar-refractivity contribution in [1.29, 1.82) is 0 Å². The normalized spacial score (nSPS) is 16.1. The van der Waals surface area contributed by atoms with Gasteiger partial charge in [-0.1, -0.05) is 11.6 Å². The van der Waals surface area contributed by atoms with E-state index in [0.717, 1.165) is 42.8 Å². The van der Waals surface area contributed by atoms with Gasteiger partial charge in [-0.3, -0.25) is 4.90 Å². The second kappa shape index (κ2) is 10.5. The molecule has 0 aromatic heterocycles. The van der Waals surface area contributed by atoms with E-state index in [1.54, 1.807) is 7.11 Å². The van der Waals surface area contributed by atoms with Crippen LogP contribution in [0.5, 0.6) is 5.75 Å². The number of halogens is 3. The van der Waals surface area contributed by atoms with E-state index in [1.165, 1.54) is 11.1 Å². The first-order valence-electron chi connectivity index (χ1n) is 7.04. The van der Waals surface area contributed by atoms with Crippen LogP contribution in [-0.4, -0.2) is 38.2 Å². The molecule has 0 unspecified atom stereocenters. The molecule has 0 saturated carbocycles. The van der Waals surface area contributed by atoms with E-state index in [2.05, 4.69) is 51.8 Å². The number of methoxy groups -OCH3 is 1. The highest BCUT2D eigenvalue weighted by atomic mass is 79.9. The first kappa shape index (κ1) is 21.7. The number of hydrogen-bond donors (Lipinski definition) is 1. The summed E-state index contributed by atoms with van der Waals surface area (Å²) in [6.07, 6.45) is 0.999. The van der Waals surface area contributed by atoms with Crippen molar-refractivity contribution in [3.63, 3.8) is 0 Å².